The number of carbonyl (C=O) groups excluding carboxylic acids is 4. The molecule has 8 atom stereocenters. The molecule has 1 N–H and O–H groups in total. The van der Waals surface area contributed by atoms with Gasteiger partial charge in [0.1, 0.15) is 37.8 Å². The lowest BCUT2D eigenvalue weighted by atomic mass is 9.72. The second-order valence-corrected chi connectivity index (χ2v) is 11.4. The Labute approximate surface area is 246 Å². The molecule has 13 nitrogen and oxygen atoms in total. The molecular weight excluding hydrogens is 554 g/mol. The molecule has 0 radical (unpaired) electrons. The largest absolute Gasteiger partial charge is 0.486 e. The number of nitrogens with one attached hydrogen (secondary N) is 1. The first-order valence-corrected chi connectivity index (χ1v) is 14.0. The Kier molecular flexibility index (Phi) is 11.2. The number of allylic oxidation sites excluding steroid dienone is 1. The summed E-state index contributed by atoms with van der Waals surface area (Å²) < 4.78 is 45.8. The lowest BCUT2D eigenvalue weighted by Crippen LogP contribution is -2.68. The molecule has 3 heterocycles. The van der Waals surface area contributed by atoms with Gasteiger partial charge in [0, 0.05) is 45.6 Å². The number of hydrogen-bond donors (Lipinski definition) is 1. The third kappa shape index (κ3) is 7.88. The van der Waals surface area contributed by atoms with Crippen molar-refractivity contribution >= 4 is 23.8 Å². The smallest absolute Gasteiger partial charge is 0.308 e. The van der Waals surface area contributed by atoms with Gasteiger partial charge in [0.05, 0.1) is 12.2 Å². The van der Waals surface area contributed by atoms with Gasteiger partial charge in [-0.1, -0.05) is 26.3 Å². The Morgan fingerprint density at radius 2 is 1.74 bits per heavy atom. The van der Waals surface area contributed by atoms with Gasteiger partial charge < -0.3 is 43.2 Å². The number of carbonyl (C=O) groups is 4. The number of fused-ring (bicyclic) bond motifs is 1. The van der Waals surface area contributed by atoms with Crippen LogP contribution in [-0.2, 0) is 57.1 Å². The van der Waals surface area contributed by atoms with Gasteiger partial charge in [-0.3, -0.25) is 19.2 Å². The minimum absolute atomic E-state index is 0.105. The van der Waals surface area contributed by atoms with Crippen LogP contribution < -0.4 is 5.32 Å². The van der Waals surface area contributed by atoms with Crippen LogP contribution in [0.5, 0.6) is 0 Å². The van der Waals surface area contributed by atoms with E-state index >= 15 is 0 Å². The third-order valence-corrected chi connectivity index (χ3v) is 7.89. The topological polar surface area (TPSA) is 154 Å². The van der Waals surface area contributed by atoms with E-state index in [4.69, 9.17) is 37.9 Å². The fourth-order valence-electron chi connectivity index (χ4n) is 5.40. The number of rotatable bonds is 9. The van der Waals surface area contributed by atoms with Crippen molar-refractivity contribution in [2.45, 2.75) is 105 Å². The summed E-state index contributed by atoms with van der Waals surface area (Å²) >= 11 is 0. The summed E-state index contributed by atoms with van der Waals surface area (Å²) in [6.07, 6.45) is -2.94. The van der Waals surface area contributed by atoms with E-state index in [-0.39, 0.29) is 43.4 Å². The third-order valence-electron chi connectivity index (χ3n) is 7.89. The van der Waals surface area contributed by atoms with Crippen LogP contribution in [0.15, 0.2) is 23.2 Å². The van der Waals surface area contributed by atoms with E-state index in [2.05, 4.69) is 5.32 Å². The van der Waals surface area contributed by atoms with Crippen LogP contribution in [0.25, 0.3) is 0 Å². The summed E-state index contributed by atoms with van der Waals surface area (Å²) in [6.45, 7) is 13.0. The van der Waals surface area contributed by atoms with E-state index < -0.39 is 66.0 Å². The molecule has 0 aromatic rings. The van der Waals surface area contributed by atoms with Crippen LogP contribution in [0.2, 0.25) is 0 Å². The molecule has 0 aliphatic carbocycles. The van der Waals surface area contributed by atoms with Crippen LogP contribution in [0.1, 0.15) is 61.8 Å². The average Bonchev–Trinajstić information content (AvgIpc) is 2.88. The van der Waals surface area contributed by atoms with Gasteiger partial charge in [-0.25, -0.2) is 0 Å². The highest BCUT2D eigenvalue weighted by atomic mass is 16.7. The van der Waals surface area contributed by atoms with Crippen molar-refractivity contribution in [2.75, 3.05) is 20.5 Å². The highest BCUT2D eigenvalue weighted by molar-refractivity contribution is 5.94. The van der Waals surface area contributed by atoms with E-state index in [9.17, 15) is 19.2 Å². The Morgan fingerprint density at radius 1 is 1.05 bits per heavy atom. The maximum Gasteiger partial charge on any atom is 0.308 e. The van der Waals surface area contributed by atoms with Crippen molar-refractivity contribution < 1.29 is 57.1 Å². The molecule has 236 valence electrons. The molecule has 13 heteroatoms. The number of amides is 1. The van der Waals surface area contributed by atoms with E-state index in [0.717, 1.165) is 5.57 Å². The second-order valence-electron chi connectivity index (χ2n) is 11.4. The molecular formula is C29H43NO12. The molecule has 3 aliphatic heterocycles. The molecule has 0 unspecified atom stereocenters. The van der Waals surface area contributed by atoms with E-state index in [1.54, 1.807) is 13.2 Å². The normalized spacial score (nSPS) is 32.2. The Hall–Kier alpha value is -3.00. The van der Waals surface area contributed by atoms with Crippen LogP contribution in [-0.4, -0.2) is 87.2 Å². The van der Waals surface area contributed by atoms with Crippen LogP contribution >= 0.6 is 0 Å². The zero-order valence-electron chi connectivity index (χ0n) is 25.7. The first-order chi connectivity index (χ1) is 19.6. The first-order valence-electron chi connectivity index (χ1n) is 14.0. The fourth-order valence-corrected chi connectivity index (χ4v) is 5.40. The van der Waals surface area contributed by atoms with Crippen LogP contribution in [0.3, 0.4) is 0 Å². The average molecular weight is 598 g/mol. The van der Waals surface area contributed by atoms with Crippen molar-refractivity contribution in [3.05, 3.63) is 23.2 Å². The lowest BCUT2D eigenvalue weighted by Gasteiger charge is -2.54. The van der Waals surface area contributed by atoms with Gasteiger partial charge >= 0.3 is 17.9 Å². The van der Waals surface area contributed by atoms with Gasteiger partial charge in [0.2, 0.25) is 5.76 Å². The SMILES string of the molecule is CO[C@@H]1[C@H]2OCO[C@@H](NC(=O)/C(OC(C)=O)=C3\C=C(C)[C@@H](C)[C@@H](C)O3)[C@H]2O[C@H](C[C@H](COC(C)=O)OC(C)=O)C1(C)C. The summed E-state index contributed by atoms with van der Waals surface area (Å²) in [5, 5.41) is 2.76. The fraction of sp³-hybridized carbons (Fsp3) is 0.724. The van der Waals surface area contributed by atoms with E-state index in [1.807, 2.05) is 34.6 Å². The predicted molar refractivity (Wildman–Crippen MR) is 145 cm³/mol. The maximum atomic E-state index is 13.6. The number of esters is 3. The molecule has 42 heavy (non-hydrogen) atoms. The molecule has 2 saturated heterocycles. The zero-order valence-corrected chi connectivity index (χ0v) is 25.7. The monoisotopic (exact) mass is 597 g/mol. The molecule has 3 aliphatic rings. The van der Waals surface area contributed by atoms with Crippen LogP contribution in [0.4, 0.5) is 0 Å². The van der Waals surface area contributed by atoms with Crippen molar-refractivity contribution in [1.82, 2.24) is 5.32 Å². The van der Waals surface area contributed by atoms with Gasteiger partial charge in [0.25, 0.3) is 5.91 Å². The van der Waals surface area contributed by atoms with Crippen molar-refractivity contribution in [1.29, 1.82) is 0 Å². The van der Waals surface area contributed by atoms with E-state index in [1.165, 1.54) is 20.8 Å². The zero-order chi connectivity index (χ0) is 31.4. The number of ether oxygens (including phenoxy) is 8. The van der Waals surface area contributed by atoms with Crippen molar-refractivity contribution in [3.63, 3.8) is 0 Å². The Balaban J connectivity index is 1.90. The quantitative estimate of drug-likeness (QED) is 0.179. The van der Waals surface area contributed by atoms with Gasteiger partial charge in [0.15, 0.2) is 12.0 Å². The Bertz CT molecular complexity index is 1100. The molecule has 1 amide bonds. The molecule has 0 aromatic carbocycles. The molecule has 0 bridgehead atoms. The summed E-state index contributed by atoms with van der Waals surface area (Å²) in [4.78, 5) is 48.7. The summed E-state index contributed by atoms with van der Waals surface area (Å²) in [6, 6.07) is 0. The minimum atomic E-state index is -1.04. The highest BCUT2D eigenvalue weighted by Crippen LogP contribution is 2.43. The van der Waals surface area contributed by atoms with Crippen molar-refractivity contribution in [3.8, 4) is 0 Å². The summed E-state index contributed by atoms with van der Waals surface area (Å²) in [7, 11) is 1.54. The minimum Gasteiger partial charge on any atom is -0.486 e. The van der Waals surface area contributed by atoms with E-state index in [0.29, 0.717) is 0 Å². The van der Waals surface area contributed by atoms with Crippen LogP contribution in [0, 0.1) is 11.3 Å². The lowest BCUT2D eigenvalue weighted by molar-refractivity contribution is -0.331. The second kappa shape index (κ2) is 14.0. The molecule has 0 aromatic heterocycles. The molecule has 2 fully saturated rings. The number of methoxy groups -OCH3 is 1. The first kappa shape index (κ1) is 33.5. The van der Waals surface area contributed by atoms with Gasteiger partial charge in [-0.2, -0.15) is 0 Å². The highest BCUT2D eigenvalue weighted by Gasteiger charge is 2.56. The van der Waals surface area contributed by atoms with Gasteiger partial charge in [-0.05, 0) is 19.9 Å². The predicted octanol–water partition coefficient (Wildman–Crippen LogP) is 2.27. The van der Waals surface area contributed by atoms with Crippen molar-refractivity contribution in [2.24, 2.45) is 11.3 Å². The van der Waals surface area contributed by atoms with Gasteiger partial charge in [-0.15, -0.1) is 0 Å². The standard InChI is InChI=1S/C29H43NO12/c1-14-10-21(39-16(3)15(14)2)23(41-19(6)33)27(34)30-28-25-24(37-13-38-28)26(35-9)29(7,8)22(42-25)11-20(40-18(5)32)12-36-17(4)31/h10,15-16,20,22,24-26,28H,11-13H2,1-9H3,(H,30,34)/b23-21-/t15-,16-,20-,22-,24+,25+,26-,28-/m1/s1. The molecule has 0 spiro atoms. The maximum absolute atomic E-state index is 13.6. The molecule has 3 rings (SSSR count). The number of hydrogen-bond acceptors (Lipinski definition) is 12. The summed E-state index contributed by atoms with van der Waals surface area (Å²) in [5.74, 6) is -2.57. The Morgan fingerprint density at radius 3 is 2.31 bits per heavy atom. The molecule has 0 saturated carbocycles. The summed E-state index contributed by atoms with van der Waals surface area (Å²) in [5.41, 5.74) is 0.287.